The van der Waals surface area contributed by atoms with Crippen LogP contribution in [0.15, 0.2) is 59.9 Å². The van der Waals surface area contributed by atoms with E-state index < -0.39 is 0 Å². The van der Waals surface area contributed by atoms with Crippen molar-refractivity contribution in [3.8, 4) is 0 Å². The van der Waals surface area contributed by atoms with Crippen LogP contribution in [0.3, 0.4) is 0 Å². The largest absolute Gasteiger partial charge is 0.355 e. The lowest BCUT2D eigenvalue weighted by atomic mass is 9.97. The normalized spacial score (nSPS) is 14.3. The molecule has 0 atom stereocenters. The highest BCUT2D eigenvalue weighted by Gasteiger charge is 2.13. The van der Waals surface area contributed by atoms with Gasteiger partial charge in [0, 0.05) is 45.0 Å². The summed E-state index contributed by atoms with van der Waals surface area (Å²) in [6.45, 7) is 0. The molecule has 2 heterocycles. The van der Waals surface area contributed by atoms with Gasteiger partial charge < -0.3 is 5.32 Å². The van der Waals surface area contributed by atoms with Gasteiger partial charge in [0.25, 0.3) is 0 Å². The van der Waals surface area contributed by atoms with Crippen LogP contribution in [0, 0.1) is 0 Å². The third-order valence-electron chi connectivity index (χ3n) is 4.56. The van der Waals surface area contributed by atoms with E-state index in [-0.39, 0.29) is 0 Å². The first-order valence-corrected chi connectivity index (χ1v) is 8.21. The average molecular weight is 329 g/mol. The molecule has 2 aliphatic rings. The van der Waals surface area contributed by atoms with Crippen LogP contribution in [0.4, 0.5) is 11.4 Å². The van der Waals surface area contributed by atoms with Gasteiger partial charge in [0.05, 0.1) is 0 Å². The van der Waals surface area contributed by atoms with Crippen molar-refractivity contribution in [1.82, 2.24) is 4.98 Å². The number of benzene rings is 2. The molecule has 2 nitrogen and oxygen atoms in total. The second-order valence-corrected chi connectivity index (χ2v) is 6.41. The van der Waals surface area contributed by atoms with Crippen LogP contribution in [-0.2, 0) is 0 Å². The van der Waals surface area contributed by atoms with Crippen molar-refractivity contribution in [1.29, 1.82) is 0 Å². The lowest BCUT2D eigenvalue weighted by Crippen LogP contribution is -2.31. The molecule has 1 aromatic heterocycles. The number of pyridine rings is 1. The Morgan fingerprint density at radius 3 is 2.79 bits per heavy atom. The Labute approximate surface area is 144 Å². The zero-order chi connectivity index (χ0) is 16.1. The van der Waals surface area contributed by atoms with Gasteiger partial charge in [-0.25, -0.2) is 0 Å². The van der Waals surface area contributed by atoms with E-state index in [1.807, 2.05) is 36.7 Å². The first-order chi connectivity index (χ1) is 11.8. The molecule has 0 spiro atoms. The highest BCUT2D eigenvalue weighted by atomic mass is 35.5. The van der Waals surface area contributed by atoms with Crippen LogP contribution < -0.4 is 15.8 Å². The summed E-state index contributed by atoms with van der Waals surface area (Å²) in [5.74, 6) is 0. The number of allylic oxidation sites excluding steroid dienone is 3. The maximum atomic E-state index is 6.30. The molecule has 114 valence electrons. The van der Waals surface area contributed by atoms with Gasteiger partial charge in [-0.15, -0.1) is 0 Å². The molecule has 2 aromatic carbocycles. The topological polar surface area (TPSA) is 24.9 Å². The Balaban J connectivity index is 1.92. The van der Waals surface area contributed by atoms with Gasteiger partial charge in [0.15, 0.2) is 0 Å². The zero-order valence-electron chi connectivity index (χ0n) is 12.8. The van der Waals surface area contributed by atoms with E-state index in [9.17, 15) is 0 Å². The number of anilines is 2. The summed E-state index contributed by atoms with van der Waals surface area (Å²) in [6, 6.07) is 10.5. The lowest BCUT2D eigenvalue weighted by Gasteiger charge is -2.18. The number of hydrogen-bond donors (Lipinski definition) is 1. The molecule has 1 aliphatic carbocycles. The second kappa shape index (κ2) is 5.08. The van der Waals surface area contributed by atoms with Gasteiger partial charge in [-0.3, -0.25) is 4.98 Å². The molecule has 0 saturated carbocycles. The first kappa shape index (κ1) is 13.6. The summed E-state index contributed by atoms with van der Waals surface area (Å²) in [6.07, 6.45) is 14.0. The standard InChI is InChI=1S/C21H13ClN2/c22-15-3-1-2-13-4-6-20-17(16(13)10-15)11-18-19-12-23-9-8-14(19)5-7-21(18)24-20/h1-12,24H. The van der Waals surface area contributed by atoms with Crippen LogP contribution in [0.1, 0.15) is 11.1 Å². The third kappa shape index (κ3) is 2.00. The highest BCUT2D eigenvalue weighted by molar-refractivity contribution is 6.34. The Morgan fingerprint density at radius 2 is 1.83 bits per heavy atom. The van der Waals surface area contributed by atoms with Crippen molar-refractivity contribution in [2.45, 2.75) is 0 Å². The van der Waals surface area contributed by atoms with Crippen molar-refractivity contribution >= 4 is 52.0 Å². The quantitative estimate of drug-likeness (QED) is 0.527. The van der Waals surface area contributed by atoms with Crippen LogP contribution >= 0.6 is 11.6 Å². The fourth-order valence-electron chi connectivity index (χ4n) is 3.39. The molecular weight excluding hydrogens is 316 g/mol. The molecule has 0 fully saturated rings. The number of nitrogens with one attached hydrogen (secondary N) is 1. The fourth-order valence-corrected chi connectivity index (χ4v) is 3.57. The van der Waals surface area contributed by atoms with Crippen molar-refractivity contribution in [2.24, 2.45) is 0 Å². The van der Waals surface area contributed by atoms with E-state index in [1.54, 1.807) is 0 Å². The Morgan fingerprint density at radius 1 is 0.917 bits per heavy atom. The summed E-state index contributed by atoms with van der Waals surface area (Å²) in [5.41, 5.74) is 4.54. The number of nitrogens with zero attached hydrogens (tertiary/aromatic N) is 1. The van der Waals surface area contributed by atoms with Crippen LogP contribution in [-0.4, -0.2) is 4.98 Å². The monoisotopic (exact) mass is 328 g/mol. The molecule has 0 radical (unpaired) electrons. The van der Waals surface area contributed by atoms with Gasteiger partial charge in [-0.1, -0.05) is 35.9 Å². The minimum atomic E-state index is 0.734. The first-order valence-electron chi connectivity index (χ1n) is 7.84. The van der Waals surface area contributed by atoms with Crippen molar-refractivity contribution < 1.29 is 0 Å². The molecule has 0 unspecified atom stereocenters. The van der Waals surface area contributed by atoms with Gasteiger partial charge in [-0.05, 0) is 52.6 Å². The molecular formula is C21H13ClN2. The summed E-state index contributed by atoms with van der Waals surface area (Å²) >= 11 is 6.30. The Bertz CT molecular complexity index is 1190. The second-order valence-electron chi connectivity index (χ2n) is 5.98. The number of aromatic nitrogens is 1. The third-order valence-corrected chi connectivity index (χ3v) is 4.79. The minimum Gasteiger partial charge on any atom is -0.355 e. The number of rotatable bonds is 0. The van der Waals surface area contributed by atoms with Gasteiger partial charge in [0.2, 0.25) is 0 Å². The van der Waals surface area contributed by atoms with E-state index in [4.69, 9.17) is 11.6 Å². The molecule has 0 bridgehead atoms. The maximum Gasteiger partial charge on any atom is 0.0465 e. The Kier molecular flexibility index (Phi) is 2.88. The van der Waals surface area contributed by atoms with Gasteiger partial charge >= 0.3 is 0 Å². The Hall–Kier alpha value is -2.84. The molecule has 3 heteroatoms. The minimum absolute atomic E-state index is 0.734. The summed E-state index contributed by atoms with van der Waals surface area (Å²) in [5, 5.41) is 8.93. The van der Waals surface area contributed by atoms with E-state index in [0.29, 0.717) is 0 Å². The molecule has 1 aliphatic heterocycles. The lowest BCUT2D eigenvalue weighted by molar-refractivity contribution is 1.35. The summed E-state index contributed by atoms with van der Waals surface area (Å²) in [4.78, 5) is 4.29. The number of hydrogen-bond acceptors (Lipinski definition) is 2. The highest BCUT2D eigenvalue weighted by Crippen LogP contribution is 2.30. The maximum absolute atomic E-state index is 6.30. The van der Waals surface area contributed by atoms with E-state index in [0.717, 1.165) is 32.2 Å². The average Bonchev–Trinajstić information content (AvgIpc) is 2.81. The molecule has 0 amide bonds. The van der Waals surface area contributed by atoms with Crippen molar-refractivity contribution in [3.05, 3.63) is 81.5 Å². The van der Waals surface area contributed by atoms with E-state index in [2.05, 4.69) is 46.7 Å². The molecule has 5 rings (SSSR count). The van der Waals surface area contributed by atoms with Crippen LogP contribution in [0.25, 0.3) is 29.0 Å². The summed E-state index contributed by atoms with van der Waals surface area (Å²) < 4.78 is 0. The number of fused-ring (bicyclic) bond motifs is 6. The SMILES string of the molecule is ClC1=CC=Cc2ccc3c(c2=C1)=Cc1c(ccc2ccncc12)N3. The van der Waals surface area contributed by atoms with Crippen molar-refractivity contribution in [3.63, 3.8) is 0 Å². The van der Waals surface area contributed by atoms with E-state index >= 15 is 0 Å². The molecule has 3 aromatic rings. The number of halogens is 1. The van der Waals surface area contributed by atoms with Gasteiger partial charge in [-0.2, -0.15) is 0 Å². The molecule has 0 saturated heterocycles. The van der Waals surface area contributed by atoms with Crippen LogP contribution in [0.2, 0.25) is 0 Å². The fraction of sp³-hybridized carbons (Fsp3) is 0. The van der Waals surface area contributed by atoms with Crippen LogP contribution in [0.5, 0.6) is 0 Å². The summed E-state index contributed by atoms with van der Waals surface area (Å²) in [7, 11) is 0. The molecule has 24 heavy (non-hydrogen) atoms. The van der Waals surface area contributed by atoms with Crippen molar-refractivity contribution in [2.75, 3.05) is 5.32 Å². The van der Waals surface area contributed by atoms with E-state index in [1.165, 1.54) is 16.5 Å². The predicted octanol–water partition coefficient (Wildman–Crippen LogP) is 4.05. The smallest absolute Gasteiger partial charge is 0.0465 e. The zero-order valence-corrected chi connectivity index (χ0v) is 13.5. The predicted molar refractivity (Wildman–Crippen MR) is 102 cm³/mol. The van der Waals surface area contributed by atoms with Gasteiger partial charge in [0.1, 0.15) is 0 Å². The molecule has 1 N–H and O–H groups in total.